The molecular formula is C41H28N8RuS+2. The Morgan fingerprint density at radius 3 is 1.41 bits per heavy atom. The summed E-state index contributed by atoms with van der Waals surface area (Å²) in [5.74, 6) is 0.891. The third kappa shape index (κ3) is 7.28. The number of nitrogens with one attached hydrogen (secondary N) is 1. The molecule has 0 unspecified atom stereocenters. The first-order valence-electron chi connectivity index (χ1n) is 16.0. The number of H-pyrrole nitrogens is 1. The molecule has 0 radical (unpaired) electrons. The Balaban J connectivity index is 0.000000136. The van der Waals surface area contributed by atoms with Crippen molar-refractivity contribution in [2.24, 2.45) is 0 Å². The van der Waals surface area contributed by atoms with Crippen molar-refractivity contribution < 1.29 is 19.5 Å². The van der Waals surface area contributed by atoms with E-state index in [0.29, 0.717) is 0 Å². The van der Waals surface area contributed by atoms with Crippen LogP contribution in [-0.2, 0) is 19.5 Å². The topological polar surface area (TPSA) is 106 Å². The molecule has 1 N–H and O–H groups in total. The molecule has 0 saturated heterocycles. The Morgan fingerprint density at radius 2 is 0.902 bits per heavy atom. The number of aromatic nitrogens is 8. The monoisotopic (exact) mass is 766 g/mol. The van der Waals surface area contributed by atoms with Gasteiger partial charge in [0.15, 0.2) is 0 Å². The summed E-state index contributed by atoms with van der Waals surface area (Å²) in [7, 11) is 0. The smallest absolute Gasteiger partial charge is 0.337 e. The molecule has 244 valence electrons. The maximum Gasteiger partial charge on any atom is 2.00 e. The van der Waals surface area contributed by atoms with E-state index >= 15 is 0 Å². The predicted molar refractivity (Wildman–Crippen MR) is 202 cm³/mol. The van der Waals surface area contributed by atoms with Gasteiger partial charge < -0.3 is 4.98 Å². The molecule has 0 amide bonds. The molecule has 0 aliphatic heterocycles. The van der Waals surface area contributed by atoms with Crippen LogP contribution in [0.1, 0.15) is 0 Å². The van der Waals surface area contributed by atoms with E-state index in [1.54, 1.807) is 36.1 Å². The van der Waals surface area contributed by atoms with E-state index < -0.39 is 0 Å². The first-order chi connectivity index (χ1) is 24.8. The predicted octanol–water partition coefficient (Wildman–Crippen LogP) is 9.83. The number of aromatic amines is 1. The van der Waals surface area contributed by atoms with Gasteiger partial charge in [-0.25, -0.2) is 4.98 Å². The number of hydrogen-bond donors (Lipinski definition) is 1. The Bertz CT molecular complexity index is 2400. The van der Waals surface area contributed by atoms with Gasteiger partial charge in [-0.15, -0.1) is 11.3 Å². The van der Waals surface area contributed by atoms with Gasteiger partial charge in [0.25, 0.3) is 0 Å². The molecule has 0 atom stereocenters. The van der Waals surface area contributed by atoms with Crippen molar-refractivity contribution in [1.29, 1.82) is 0 Å². The Labute approximate surface area is 310 Å². The molecule has 0 saturated carbocycles. The number of benzene rings is 2. The van der Waals surface area contributed by atoms with Crippen molar-refractivity contribution in [3.8, 4) is 33.5 Å². The number of thiophene rings is 1. The van der Waals surface area contributed by atoms with Gasteiger partial charge in [-0.2, -0.15) is 0 Å². The van der Waals surface area contributed by atoms with Crippen LogP contribution in [0.3, 0.4) is 0 Å². The minimum absolute atomic E-state index is 0. The zero-order chi connectivity index (χ0) is 33.5. The summed E-state index contributed by atoms with van der Waals surface area (Å²) in [4.78, 5) is 35.5. The van der Waals surface area contributed by atoms with Crippen LogP contribution in [0.4, 0.5) is 0 Å². The SMILES string of the molecule is [Ru+2].c1ccc(-c2ccccn2)nc1.c1ccc(-c2ccccn2)nc1.c1ccc2sc(-c3nc4c5cccnc5c5ncccc5c4[nH]3)cc2c1. The van der Waals surface area contributed by atoms with E-state index in [1.807, 2.05) is 97.3 Å². The van der Waals surface area contributed by atoms with Gasteiger partial charge in [0.05, 0.1) is 49.7 Å². The number of fused-ring (bicyclic) bond motifs is 7. The van der Waals surface area contributed by atoms with E-state index in [1.165, 1.54) is 10.1 Å². The summed E-state index contributed by atoms with van der Waals surface area (Å²) in [6.07, 6.45) is 10.7. The molecular weight excluding hydrogens is 738 g/mol. The average Bonchev–Trinajstić information content (AvgIpc) is 3.86. The number of rotatable bonds is 3. The van der Waals surface area contributed by atoms with Gasteiger partial charge in [0.1, 0.15) is 5.82 Å². The molecule has 0 aliphatic carbocycles. The molecule has 10 aromatic rings. The van der Waals surface area contributed by atoms with Crippen molar-refractivity contribution in [2.45, 2.75) is 0 Å². The third-order valence-corrected chi connectivity index (χ3v) is 9.03. The van der Waals surface area contributed by atoms with Crippen molar-refractivity contribution in [2.75, 3.05) is 0 Å². The largest absolute Gasteiger partial charge is 2.00 e. The number of hydrogen-bond acceptors (Lipinski definition) is 8. The molecule has 8 nitrogen and oxygen atoms in total. The fourth-order valence-electron chi connectivity index (χ4n) is 5.62. The molecule has 51 heavy (non-hydrogen) atoms. The first-order valence-corrected chi connectivity index (χ1v) is 16.8. The van der Waals surface area contributed by atoms with Crippen LogP contribution in [0.15, 0.2) is 165 Å². The Morgan fingerprint density at radius 1 is 0.431 bits per heavy atom. The van der Waals surface area contributed by atoms with E-state index in [9.17, 15) is 0 Å². The minimum atomic E-state index is 0. The number of pyridine rings is 6. The van der Waals surface area contributed by atoms with Gasteiger partial charge in [0.2, 0.25) is 0 Å². The summed E-state index contributed by atoms with van der Waals surface area (Å²) < 4.78 is 1.26. The summed E-state index contributed by atoms with van der Waals surface area (Å²) >= 11 is 1.75. The second-order valence-corrected chi connectivity index (χ2v) is 12.2. The molecule has 2 aromatic carbocycles. The maximum absolute atomic E-state index is 4.94. The quantitative estimate of drug-likeness (QED) is 0.141. The van der Waals surface area contributed by atoms with E-state index in [0.717, 1.165) is 66.3 Å². The fourth-order valence-corrected chi connectivity index (χ4v) is 6.62. The third-order valence-electron chi connectivity index (χ3n) is 7.91. The first kappa shape index (κ1) is 33.4. The van der Waals surface area contributed by atoms with Gasteiger partial charge in [-0.1, -0.05) is 42.5 Å². The Hall–Kier alpha value is -6.09. The van der Waals surface area contributed by atoms with E-state index in [2.05, 4.69) is 77.4 Å². The molecule has 0 aliphatic rings. The zero-order valence-electron chi connectivity index (χ0n) is 27.0. The molecule has 8 aromatic heterocycles. The van der Waals surface area contributed by atoms with Crippen molar-refractivity contribution >= 4 is 54.3 Å². The van der Waals surface area contributed by atoms with Gasteiger partial charge in [0, 0.05) is 52.7 Å². The van der Waals surface area contributed by atoms with Crippen LogP contribution in [-0.4, -0.2) is 39.9 Å². The van der Waals surface area contributed by atoms with Gasteiger partial charge in [-0.05, 0) is 90.3 Å². The summed E-state index contributed by atoms with van der Waals surface area (Å²) in [6.45, 7) is 0. The number of nitrogens with zero attached hydrogens (tertiary/aromatic N) is 7. The number of imidazole rings is 1. The maximum atomic E-state index is 4.94. The van der Waals surface area contributed by atoms with Crippen LogP contribution in [0, 0.1) is 0 Å². The van der Waals surface area contributed by atoms with Crippen LogP contribution in [0.5, 0.6) is 0 Å². The standard InChI is InChI=1S/C21H12N4S.2C10H8N2.Ru/c1-2-8-15-12(5-1)11-16(26-15)21-24-19-13-6-3-9-22-17(13)18-14(20(19)25-21)7-4-10-23-18;2*1-3-7-11-9(5-1)10-6-2-4-8-12-10;/h1-11H,(H,24,25);2*1-8H;/q;;;+2. The molecule has 10 heteroatoms. The molecule has 0 fully saturated rings. The van der Waals surface area contributed by atoms with Crippen molar-refractivity contribution in [1.82, 2.24) is 39.9 Å². The summed E-state index contributed by atoms with van der Waals surface area (Å²) in [6, 6.07) is 41.8. The molecule has 10 rings (SSSR count). The second-order valence-electron chi connectivity index (χ2n) is 11.1. The molecule has 8 heterocycles. The van der Waals surface area contributed by atoms with Gasteiger partial charge >= 0.3 is 19.5 Å². The second kappa shape index (κ2) is 15.6. The summed E-state index contributed by atoms with van der Waals surface area (Å²) in [5, 5.41) is 3.32. The molecule has 0 spiro atoms. The normalized spacial score (nSPS) is 10.6. The van der Waals surface area contributed by atoms with E-state index in [4.69, 9.17) is 4.98 Å². The van der Waals surface area contributed by atoms with Crippen molar-refractivity contribution in [3.63, 3.8) is 0 Å². The van der Waals surface area contributed by atoms with Crippen LogP contribution in [0.2, 0.25) is 0 Å². The van der Waals surface area contributed by atoms with Gasteiger partial charge in [-0.3, -0.25) is 29.9 Å². The molecule has 0 bridgehead atoms. The van der Waals surface area contributed by atoms with Crippen LogP contribution < -0.4 is 0 Å². The fraction of sp³-hybridized carbons (Fsp3) is 0. The van der Waals surface area contributed by atoms with E-state index in [-0.39, 0.29) is 19.5 Å². The zero-order valence-corrected chi connectivity index (χ0v) is 29.5. The van der Waals surface area contributed by atoms with Crippen LogP contribution >= 0.6 is 11.3 Å². The van der Waals surface area contributed by atoms with Crippen molar-refractivity contribution in [3.05, 3.63) is 165 Å². The van der Waals surface area contributed by atoms with Crippen LogP contribution in [0.25, 0.3) is 76.4 Å². The average molecular weight is 766 g/mol. The Kier molecular flexibility index (Phi) is 10.2. The summed E-state index contributed by atoms with van der Waals surface area (Å²) in [5.41, 5.74) is 7.42. The minimum Gasteiger partial charge on any atom is -0.337 e.